The van der Waals surface area contributed by atoms with Crippen LogP contribution in [0.25, 0.3) is 0 Å². The highest BCUT2D eigenvalue weighted by Crippen LogP contribution is 2.21. The van der Waals surface area contributed by atoms with Gasteiger partial charge in [-0.2, -0.15) is 0 Å². The molecule has 73 valence electrons. The maximum absolute atomic E-state index is 11.2. The number of allylic oxidation sites excluding steroid dienone is 3. The highest BCUT2D eigenvalue weighted by Gasteiger charge is 2.16. The molecular weight excluding hydrogens is 188 g/mol. The summed E-state index contributed by atoms with van der Waals surface area (Å²) in [6.07, 6.45) is 5.99. The zero-order valence-corrected chi connectivity index (χ0v) is 8.22. The number of hydrogen-bond acceptors (Lipinski definition) is 2. The van der Waals surface area contributed by atoms with E-state index in [0.717, 1.165) is 12.8 Å². The zero-order chi connectivity index (χ0) is 9.73. The Hall–Kier alpha value is -0.610. The fourth-order valence-corrected chi connectivity index (χ4v) is 2.39. The van der Waals surface area contributed by atoms with Gasteiger partial charge in [0.25, 0.3) is 0 Å². The fourth-order valence-electron chi connectivity index (χ4n) is 1.24. The SMILES string of the molecule is [O]CCCCCC1=CC=CS1(=O)=O. The van der Waals surface area contributed by atoms with Crippen molar-refractivity contribution in [1.82, 2.24) is 0 Å². The third-order valence-corrected chi connectivity index (χ3v) is 3.56. The molecule has 0 unspecified atom stereocenters. The number of rotatable bonds is 5. The topological polar surface area (TPSA) is 54.0 Å². The quantitative estimate of drug-likeness (QED) is 0.637. The van der Waals surface area contributed by atoms with Crippen LogP contribution in [0.3, 0.4) is 0 Å². The molecule has 1 radical (unpaired) electrons. The van der Waals surface area contributed by atoms with Crippen LogP contribution in [0.2, 0.25) is 0 Å². The van der Waals surface area contributed by atoms with Crippen LogP contribution >= 0.6 is 0 Å². The monoisotopic (exact) mass is 201 g/mol. The van der Waals surface area contributed by atoms with Crippen molar-refractivity contribution in [3.8, 4) is 0 Å². The zero-order valence-electron chi connectivity index (χ0n) is 7.40. The molecule has 1 heterocycles. The molecule has 0 fully saturated rings. The van der Waals surface area contributed by atoms with Crippen molar-refractivity contribution < 1.29 is 13.5 Å². The normalized spacial score (nSPS) is 19.0. The van der Waals surface area contributed by atoms with Crippen LogP contribution in [0.15, 0.2) is 22.5 Å². The second-order valence-corrected chi connectivity index (χ2v) is 4.91. The van der Waals surface area contributed by atoms with Crippen molar-refractivity contribution in [1.29, 1.82) is 0 Å². The first-order valence-electron chi connectivity index (χ1n) is 4.37. The van der Waals surface area contributed by atoms with Crippen LogP contribution in [0.4, 0.5) is 0 Å². The summed E-state index contributed by atoms with van der Waals surface area (Å²) in [5.41, 5.74) is 0. The van der Waals surface area contributed by atoms with Crippen LogP contribution in [0.5, 0.6) is 0 Å². The van der Waals surface area contributed by atoms with E-state index in [9.17, 15) is 13.5 Å². The summed E-state index contributed by atoms with van der Waals surface area (Å²) in [5, 5.41) is 11.3. The number of sulfone groups is 1. The fraction of sp³-hybridized carbons (Fsp3) is 0.556. The Morgan fingerprint density at radius 1 is 1.15 bits per heavy atom. The Morgan fingerprint density at radius 2 is 1.92 bits per heavy atom. The van der Waals surface area contributed by atoms with Gasteiger partial charge in [-0.1, -0.05) is 6.42 Å². The Kier molecular flexibility index (Phi) is 3.69. The summed E-state index contributed by atoms with van der Waals surface area (Å²) in [6, 6.07) is 0. The molecule has 0 aromatic carbocycles. The van der Waals surface area contributed by atoms with E-state index in [1.54, 1.807) is 12.2 Å². The average molecular weight is 201 g/mol. The van der Waals surface area contributed by atoms with Crippen LogP contribution < -0.4 is 0 Å². The smallest absolute Gasteiger partial charge is 0.196 e. The van der Waals surface area contributed by atoms with E-state index < -0.39 is 9.84 Å². The van der Waals surface area contributed by atoms with Crippen LogP contribution in [0, 0.1) is 0 Å². The molecule has 1 rings (SSSR count). The van der Waals surface area contributed by atoms with Gasteiger partial charge in [-0.25, -0.2) is 13.5 Å². The second kappa shape index (κ2) is 4.58. The Balaban J connectivity index is 2.32. The molecule has 0 bridgehead atoms. The van der Waals surface area contributed by atoms with Gasteiger partial charge in [-0.05, 0) is 31.4 Å². The van der Waals surface area contributed by atoms with Crippen molar-refractivity contribution in [2.75, 3.05) is 6.61 Å². The van der Waals surface area contributed by atoms with Crippen LogP contribution in [-0.2, 0) is 14.9 Å². The molecule has 3 nitrogen and oxygen atoms in total. The molecule has 0 saturated heterocycles. The average Bonchev–Trinajstić information content (AvgIpc) is 2.40. The molecule has 0 spiro atoms. The van der Waals surface area contributed by atoms with Gasteiger partial charge in [0.2, 0.25) is 0 Å². The van der Waals surface area contributed by atoms with Gasteiger partial charge in [0.1, 0.15) is 0 Å². The first kappa shape index (κ1) is 10.5. The second-order valence-electron chi connectivity index (χ2n) is 3.02. The number of hydrogen-bond donors (Lipinski definition) is 0. The molecule has 0 amide bonds. The van der Waals surface area contributed by atoms with Gasteiger partial charge >= 0.3 is 0 Å². The predicted octanol–water partition coefficient (Wildman–Crippen LogP) is 1.80. The van der Waals surface area contributed by atoms with Gasteiger partial charge in [0, 0.05) is 10.3 Å². The Morgan fingerprint density at radius 3 is 2.46 bits per heavy atom. The molecule has 0 aromatic heterocycles. The standard InChI is InChI=1S/C9H13O3S/c10-7-3-1-2-5-9-6-4-8-13(9,11)12/h4,6,8H,1-3,5,7H2. The van der Waals surface area contributed by atoms with Gasteiger partial charge in [0.15, 0.2) is 9.84 Å². The maximum Gasteiger partial charge on any atom is 0.196 e. The molecule has 13 heavy (non-hydrogen) atoms. The van der Waals surface area contributed by atoms with E-state index in [0.29, 0.717) is 17.7 Å². The molecule has 1 aliphatic rings. The molecule has 1 aliphatic heterocycles. The third-order valence-electron chi connectivity index (χ3n) is 1.97. The largest absolute Gasteiger partial charge is 0.237 e. The molecule has 0 aromatic rings. The summed E-state index contributed by atoms with van der Waals surface area (Å²) in [7, 11) is -3.07. The van der Waals surface area contributed by atoms with E-state index in [-0.39, 0.29) is 6.61 Å². The van der Waals surface area contributed by atoms with Crippen molar-refractivity contribution in [3.63, 3.8) is 0 Å². The summed E-state index contributed by atoms with van der Waals surface area (Å²) in [6.45, 7) is -0.0654. The summed E-state index contributed by atoms with van der Waals surface area (Å²) in [5.74, 6) is 0. The summed E-state index contributed by atoms with van der Waals surface area (Å²) in [4.78, 5) is 0.485. The van der Waals surface area contributed by atoms with E-state index >= 15 is 0 Å². The van der Waals surface area contributed by atoms with Crippen LogP contribution in [-0.4, -0.2) is 15.0 Å². The van der Waals surface area contributed by atoms with Gasteiger partial charge in [-0.3, -0.25) is 0 Å². The van der Waals surface area contributed by atoms with E-state index in [1.165, 1.54) is 5.41 Å². The molecular formula is C9H13O3S. The summed E-state index contributed by atoms with van der Waals surface area (Å²) >= 11 is 0. The predicted molar refractivity (Wildman–Crippen MR) is 50.2 cm³/mol. The minimum Gasteiger partial charge on any atom is -0.237 e. The van der Waals surface area contributed by atoms with Crippen molar-refractivity contribution in [3.05, 3.63) is 22.5 Å². The minimum absolute atomic E-state index is 0.0654. The molecule has 0 saturated carbocycles. The van der Waals surface area contributed by atoms with Gasteiger partial charge in [0.05, 0.1) is 6.61 Å². The third kappa shape index (κ3) is 2.97. The minimum atomic E-state index is -3.07. The molecule has 0 aliphatic carbocycles. The van der Waals surface area contributed by atoms with Crippen molar-refractivity contribution in [2.45, 2.75) is 25.7 Å². The van der Waals surface area contributed by atoms with Crippen molar-refractivity contribution >= 4 is 9.84 Å². The van der Waals surface area contributed by atoms with Gasteiger partial charge < -0.3 is 0 Å². The van der Waals surface area contributed by atoms with Gasteiger partial charge in [-0.15, -0.1) is 0 Å². The highest BCUT2D eigenvalue weighted by atomic mass is 32.2. The first-order chi connectivity index (χ1) is 6.17. The lowest BCUT2D eigenvalue weighted by Crippen LogP contribution is -1.96. The lowest BCUT2D eigenvalue weighted by molar-refractivity contribution is 0.186. The lowest BCUT2D eigenvalue weighted by Gasteiger charge is -2.00. The van der Waals surface area contributed by atoms with E-state index in [4.69, 9.17) is 0 Å². The Bertz CT molecular complexity index is 312. The number of unbranched alkanes of at least 4 members (excludes halogenated alkanes) is 2. The molecule has 0 atom stereocenters. The van der Waals surface area contributed by atoms with Crippen LogP contribution in [0.1, 0.15) is 25.7 Å². The summed E-state index contributed by atoms with van der Waals surface area (Å²) < 4.78 is 22.4. The Labute approximate surface area is 78.7 Å². The maximum atomic E-state index is 11.2. The first-order valence-corrected chi connectivity index (χ1v) is 5.92. The molecule has 0 N–H and O–H groups in total. The lowest BCUT2D eigenvalue weighted by atomic mass is 10.2. The highest BCUT2D eigenvalue weighted by molar-refractivity contribution is 7.98. The van der Waals surface area contributed by atoms with E-state index in [2.05, 4.69) is 0 Å². The van der Waals surface area contributed by atoms with Crippen molar-refractivity contribution in [2.24, 2.45) is 0 Å². The van der Waals surface area contributed by atoms with E-state index in [1.807, 2.05) is 0 Å². The molecule has 4 heteroatoms.